The van der Waals surface area contributed by atoms with Gasteiger partial charge in [0.2, 0.25) is 5.91 Å². The minimum atomic E-state index is -0.0803. The molecule has 2 aromatic carbocycles. The fourth-order valence-corrected chi connectivity index (χ4v) is 3.79. The van der Waals surface area contributed by atoms with Gasteiger partial charge in [0.1, 0.15) is 6.61 Å². The first kappa shape index (κ1) is 22.7. The van der Waals surface area contributed by atoms with Crippen LogP contribution >= 0.6 is 11.8 Å². The predicted molar refractivity (Wildman–Crippen MR) is 123 cm³/mol. The maximum Gasteiger partial charge on any atom is 0.234 e. The molecule has 164 valence electrons. The van der Waals surface area contributed by atoms with Gasteiger partial charge in [-0.1, -0.05) is 49.9 Å². The number of rotatable bonds is 9. The van der Waals surface area contributed by atoms with E-state index < -0.39 is 0 Å². The van der Waals surface area contributed by atoms with E-state index in [1.54, 1.807) is 7.11 Å². The van der Waals surface area contributed by atoms with Gasteiger partial charge in [-0.25, -0.2) is 0 Å². The molecule has 0 radical (unpaired) electrons. The van der Waals surface area contributed by atoms with Gasteiger partial charge in [0.05, 0.1) is 12.9 Å². The number of thioether (sulfide) groups is 1. The minimum absolute atomic E-state index is 0.0803. The number of carbonyl (C=O) groups excluding carboxylic acids is 1. The number of hydrogen-bond acceptors (Lipinski definition) is 6. The van der Waals surface area contributed by atoms with Gasteiger partial charge in [-0.3, -0.25) is 4.79 Å². The highest BCUT2D eigenvalue weighted by Crippen LogP contribution is 2.29. The molecule has 0 aliphatic heterocycles. The number of ether oxygens (including phenoxy) is 2. The van der Waals surface area contributed by atoms with Crippen LogP contribution < -0.4 is 14.8 Å². The predicted octanol–water partition coefficient (Wildman–Crippen LogP) is 4.57. The molecule has 0 bridgehead atoms. The van der Waals surface area contributed by atoms with Crippen molar-refractivity contribution in [3.05, 3.63) is 59.4 Å². The molecular weight excluding hydrogens is 412 g/mol. The number of anilines is 1. The summed E-state index contributed by atoms with van der Waals surface area (Å²) in [6.07, 6.45) is 0. The maximum atomic E-state index is 12.5. The van der Waals surface area contributed by atoms with Crippen LogP contribution in [0.25, 0.3) is 0 Å². The van der Waals surface area contributed by atoms with E-state index in [-0.39, 0.29) is 18.3 Å². The highest BCUT2D eigenvalue weighted by Gasteiger charge is 2.14. The van der Waals surface area contributed by atoms with Crippen LogP contribution in [-0.4, -0.2) is 33.5 Å². The Kier molecular flexibility index (Phi) is 7.57. The minimum Gasteiger partial charge on any atom is -0.493 e. The summed E-state index contributed by atoms with van der Waals surface area (Å²) in [6.45, 7) is 6.46. The average Bonchev–Trinajstić information content (AvgIpc) is 3.11. The van der Waals surface area contributed by atoms with Crippen LogP contribution in [0.1, 0.15) is 36.7 Å². The van der Waals surface area contributed by atoms with E-state index >= 15 is 0 Å². The Hall–Kier alpha value is -3.00. The molecule has 1 N–H and O–H groups in total. The van der Waals surface area contributed by atoms with Crippen LogP contribution in [0, 0.1) is 6.92 Å². The van der Waals surface area contributed by atoms with Crippen LogP contribution in [0.2, 0.25) is 0 Å². The van der Waals surface area contributed by atoms with Gasteiger partial charge in [-0.15, -0.1) is 10.2 Å². The lowest BCUT2D eigenvalue weighted by molar-refractivity contribution is -0.113. The van der Waals surface area contributed by atoms with Crippen molar-refractivity contribution in [2.45, 2.75) is 38.5 Å². The van der Waals surface area contributed by atoms with Crippen molar-refractivity contribution in [3.63, 3.8) is 0 Å². The van der Waals surface area contributed by atoms with Crippen molar-refractivity contribution in [3.8, 4) is 11.5 Å². The first-order valence-corrected chi connectivity index (χ1v) is 11.0. The zero-order valence-corrected chi connectivity index (χ0v) is 19.3. The number of aromatic nitrogens is 3. The fourth-order valence-electron chi connectivity index (χ4n) is 3.06. The van der Waals surface area contributed by atoms with Crippen LogP contribution in [0.3, 0.4) is 0 Å². The summed E-state index contributed by atoms with van der Waals surface area (Å²) in [6, 6.07) is 13.6. The first-order chi connectivity index (χ1) is 14.9. The van der Waals surface area contributed by atoms with Gasteiger partial charge >= 0.3 is 0 Å². The molecule has 0 aliphatic carbocycles. The Bertz CT molecular complexity index is 1050. The normalized spacial score (nSPS) is 10.9. The van der Waals surface area contributed by atoms with Gasteiger partial charge in [-0.05, 0) is 42.2 Å². The Labute approximate surface area is 187 Å². The van der Waals surface area contributed by atoms with Crippen LogP contribution in [0.15, 0.2) is 47.6 Å². The van der Waals surface area contributed by atoms with Gasteiger partial charge in [-0.2, -0.15) is 0 Å². The van der Waals surface area contributed by atoms with E-state index in [9.17, 15) is 4.79 Å². The molecule has 0 aliphatic rings. The second-order valence-electron chi connectivity index (χ2n) is 7.48. The van der Waals surface area contributed by atoms with Crippen molar-refractivity contribution in [2.24, 2.45) is 7.05 Å². The molecule has 0 saturated carbocycles. The molecule has 7 nitrogen and oxygen atoms in total. The number of benzene rings is 2. The molecule has 31 heavy (non-hydrogen) atoms. The second-order valence-corrected chi connectivity index (χ2v) is 8.42. The molecule has 1 aromatic heterocycles. The molecule has 0 atom stereocenters. The lowest BCUT2D eigenvalue weighted by Crippen LogP contribution is -2.16. The molecule has 0 fully saturated rings. The van der Waals surface area contributed by atoms with Crippen LogP contribution in [0.5, 0.6) is 11.5 Å². The monoisotopic (exact) mass is 440 g/mol. The van der Waals surface area contributed by atoms with Crippen molar-refractivity contribution in [2.75, 3.05) is 18.2 Å². The van der Waals surface area contributed by atoms with Crippen molar-refractivity contribution in [1.82, 2.24) is 14.8 Å². The van der Waals surface area contributed by atoms with Crippen molar-refractivity contribution in [1.29, 1.82) is 0 Å². The number of methoxy groups -OCH3 is 1. The highest BCUT2D eigenvalue weighted by molar-refractivity contribution is 7.99. The lowest BCUT2D eigenvalue weighted by Gasteiger charge is -2.13. The van der Waals surface area contributed by atoms with Crippen molar-refractivity contribution >= 4 is 23.4 Å². The topological polar surface area (TPSA) is 78.3 Å². The first-order valence-electron chi connectivity index (χ1n) is 10.1. The third kappa shape index (κ3) is 5.79. The van der Waals surface area contributed by atoms with Crippen molar-refractivity contribution < 1.29 is 14.3 Å². The lowest BCUT2D eigenvalue weighted by atomic mass is 10.0. The van der Waals surface area contributed by atoms with Crippen LogP contribution in [-0.2, 0) is 18.4 Å². The fraction of sp³-hybridized carbons (Fsp3) is 0.348. The molecule has 3 rings (SSSR count). The molecule has 8 heteroatoms. The van der Waals surface area contributed by atoms with Crippen LogP contribution in [0.4, 0.5) is 5.69 Å². The molecule has 1 amide bonds. The number of carbonyl (C=O) groups is 1. The summed E-state index contributed by atoms with van der Waals surface area (Å²) in [7, 11) is 3.47. The number of para-hydroxylation sites is 1. The molecular formula is C23H28N4O3S. The molecule has 3 aromatic rings. The zero-order valence-electron chi connectivity index (χ0n) is 18.5. The third-order valence-electron chi connectivity index (χ3n) is 4.79. The number of amides is 1. The molecule has 0 saturated heterocycles. The zero-order chi connectivity index (χ0) is 22.4. The summed E-state index contributed by atoms with van der Waals surface area (Å²) in [4.78, 5) is 12.5. The van der Waals surface area contributed by atoms with Gasteiger partial charge < -0.3 is 19.4 Å². The number of aryl methyl sites for hydroxylation is 1. The van der Waals surface area contributed by atoms with Gasteiger partial charge in [0, 0.05) is 12.7 Å². The summed E-state index contributed by atoms with van der Waals surface area (Å²) in [5.41, 5.74) is 3.06. The van der Waals surface area contributed by atoms with E-state index in [0.29, 0.717) is 28.4 Å². The van der Waals surface area contributed by atoms with Gasteiger partial charge in [0.15, 0.2) is 22.5 Å². The highest BCUT2D eigenvalue weighted by atomic mass is 32.2. The summed E-state index contributed by atoms with van der Waals surface area (Å²) < 4.78 is 13.1. The smallest absolute Gasteiger partial charge is 0.234 e. The second kappa shape index (κ2) is 10.3. The summed E-state index contributed by atoms with van der Waals surface area (Å²) >= 11 is 1.34. The van der Waals surface area contributed by atoms with Gasteiger partial charge in [0.25, 0.3) is 0 Å². The van der Waals surface area contributed by atoms with E-state index in [2.05, 4.69) is 29.4 Å². The number of nitrogens with zero attached hydrogens (tertiary/aromatic N) is 3. The summed E-state index contributed by atoms with van der Waals surface area (Å²) in [5.74, 6) is 2.48. The van der Waals surface area contributed by atoms with E-state index in [0.717, 1.165) is 16.8 Å². The largest absolute Gasteiger partial charge is 0.493 e. The maximum absolute atomic E-state index is 12.5. The quantitative estimate of drug-likeness (QED) is 0.491. The molecule has 1 heterocycles. The number of hydrogen-bond donors (Lipinski definition) is 1. The van der Waals surface area contributed by atoms with E-state index in [1.807, 2.05) is 61.0 Å². The summed E-state index contributed by atoms with van der Waals surface area (Å²) in [5, 5.41) is 12.0. The Morgan fingerprint density at radius 2 is 1.94 bits per heavy atom. The number of nitrogens with one attached hydrogen (secondary N) is 1. The Balaban J connectivity index is 1.58. The third-order valence-corrected chi connectivity index (χ3v) is 5.81. The molecule has 0 spiro atoms. The standard InChI is InChI=1S/C23H28N4O3S/c1-15(2)17-8-6-7-9-18(17)24-22(28)14-31-23-26-25-21(27(23)4)13-30-19-11-10-16(3)12-20(19)29-5/h6-12,15H,13-14H2,1-5H3,(H,24,28). The van der Waals surface area contributed by atoms with E-state index in [4.69, 9.17) is 9.47 Å². The Morgan fingerprint density at radius 3 is 2.68 bits per heavy atom. The average molecular weight is 441 g/mol. The SMILES string of the molecule is COc1cc(C)ccc1OCc1nnc(SCC(=O)Nc2ccccc2C(C)C)n1C. The Morgan fingerprint density at radius 1 is 1.16 bits per heavy atom. The van der Waals surface area contributed by atoms with E-state index in [1.165, 1.54) is 11.8 Å². The molecule has 0 unspecified atom stereocenters.